The molecule has 4 rings (SSSR count). The average Bonchev–Trinajstić information content (AvgIpc) is 2.77. The summed E-state index contributed by atoms with van der Waals surface area (Å²) in [4.78, 5) is 11.3. The van der Waals surface area contributed by atoms with E-state index in [-0.39, 0.29) is 17.8 Å². The Morgan fingerprint density at radius 3 is 2.50 bits per heavy atom. The zero-order valence-corrected chi connectivity index (χ0v) is 17.5. The Labute approximate surface area is 181 Å². The van der Waals surface area contributed by atoms with Gasteiger partial charge >= 0.3 is 0 Å². The zero-order valence-electron chi connectivity index (χ0n) is 16.8. The van der Waals surface area contributed by atoms with Crippen molar-refractivity contribution in [3.63, 3.8) is 0 Å². The van der Waals surface area contributed by atoms with Gasteiger partial charge in [-0.3, -0.25) is 4.90 Å². The lowest BCUT2D eigenvalue weighted by Crippen LogP contribution is -2.46. The number of halogens is 2. The van der Waals surface area contributed by atoms with Gasteiger partial charge in [-0.1, -0.05) is 29.8 Å². The number of aliphatic hydroxyl groups excluding tert-OH is 1. The van der Waals surface area contributed by atoms with Gasteiger partial charge in [0.05, 0.1) is 6.61 Å². The third kappa shape index (κ3) is 4.86. The molecule has 2 heterocycles. The number of aromatic nitrogens is 2. The summed E-state index contributed by atoms with van der Waals surface area (Å²) in [6.45, 7) is 2.42. The Bertz CT molecular complexity index is 981. The van der Waals surface area contributed by atoms with E-state index in [1.54, 1.807) is 6.07 Å². The zero-order chi connectivity index (χ0) is 21.0. The lowest BCUT2D eigenvalue weighted by atomic mass is 9.75. The SMILES string of the molecule is OC[C@@]1(Cc2ccccc2F)CCCN(Cc2cnc(-c3ccc(Cl)cc3)nc2)C1. The number of likely N-dealkylation sites (tertiary alicyclic amines) is 1. The van der Waals surface area contributed by atoms with E-state index < -0.39 is 0 Å². The van der Waals surface area contributed by atoms with Crippen molar-refractivity contribution >= 4 is 11.6 Å². The van der Waals surface area contributed by atoms with Gasteiger partial charge < -0.3 is 5.11 Å². The normalized spacial score (nSPS) is 19.7. The van der Waals surface area contributed by atoms with Crippen LogP contribution in [0.1, 0.15) is 24.0 Å². The molecule has 0 spiro atoms. The summed E-state index contributed by atoms with van der Waals surface area (Å²) < 4.78 is 14.2. The Hall–Kier alpha value is -2.34. The first-order chi connectivity index (χ1) is 14.6. The quantitative estimate of drug-likeness (QED) is 0.619. The Morgan fingerprint density at radius 2 is 1.80 bits per heavy atom. The topological polar surface area (TPSA) is 49.2 Å². The van der Waals surface area contributed by atoms with E-state index in [0.29, 0.717) is 29.4 Å². The lowest BCUT2D eigenvalue weighted by molar-refractivity contribution is 0.0282. The van der Waals surface area contributed by atoms with Crippen LogP contribution in [0.3, 0.4) is 0 Å². The number of benzene rings is 2. The minimum Gasteiger partial charge on any atom is -0.396 e. The Balaban J connectivity index is 1.44. The number of piperidine rings is 1. The first kappa shape index (κ1) is 20.9. The van der Waals surface area contributed by atoms with Gasteiger partial charge in [0.2, 0.25) is 0 Å². The summed E-state index contributed by atoms with van der Waals surface area (Å²) in [5.74, 6) is 0.465. The van der Waals surface area contributed by atoms with Crippen LogP contribution in [-0.4, -0.2) is 39.7 Å². The largest absolute Gasteiger partial charge is 0.396 e. The van der Waals surface area contributed by atoms with Gasteiger partial charge in [-0.15, -0.1) is 0 Å². The second-order valence-electron chi connectivity index (χ2n) is 8.16. The molecule has 1 aliphatic rings. The predicted molar refractivity (Wildman–Crippen MR) is 117 cm³/mol. The summed E-state index contributed by atoms with van der Waals surface area (Å²) in [6.07, 6.45) is 6.10. The Kier molecular flexibility index (Phi) is 6.42. The fraction of sp³-hybridized carbons (Fsp3) is 0.333. The molecule has 1 N–H and O–H groups in total. The van der Waals surface area contributed by atoms with E-state index in [1.165, 1.54) is 6.07 Å². The molecule has 0 saturated carbocycles. The van der Waals surface area contributed by atoms with Crippen LogP contribution in [0.4, 0.5) is 4.39 Å². The van der Waals surface area contributed by atoms with Crippen LogP contribution in [-0.2, 0) is 13.0 Å². The number of aliphatic hydroxyl groups is 1. The van der Waals surface area contributed by atoms with Crippen LogP contribution in [0, 0.1) is 11.2 Å². The smallest absolute Gasteiger partial charge is 0.159 e. The molecule has 1 saturated heterocycles. The average molecular weight is 426 g/mol. The molecule has 1 aliphatic heterocycles. The molecule has 6 heteroatoms. The molecular weight excluding hydrogens is 401 g/mol. The molecule has 0 radical (unpaired) electrons. The minimum atomic E-state index is -0.329. The number of nitrogens with zero attached hydrogens (tertiary/aromatic N) is 3. The molecular formula is C24H25ClFN3O. The van der Waals surface area contributed by atoms with Crippen molar-refractivity contribution in [2.45, 2.75) is 25.8 Å². The lowest BCUT2D eigenvalue weighted by Gasteiger charge is -2.42. The van der Waals surface area contributed by atoms with Crippen LogP contribution < -0.4 is 0 Å². The van der Waals surface area contributed by atoms with Crippen LogP contribution in [0.15, 0.2) is 60.9 Å². The second-order valence-corrected chi connectivity index (χ2v) is 8.60. The van der Waals surface area contributed by atoms with Crippen LogP contribution in [0.5, 0.6) is 0 Å². The van der Waals surface area contributed by atoms with Gasteiger partial charge in [0.1, 0.15) is 5.82 Å². The van der Waals surface area contributed by atoms with Crippen LogP contribution in [0.25, 0.3) is 11.4 Å². The molecule has 0 aliphatic carbocycles. The van der Waals surface area contributed by atoms with Crippen molar-refractivity contribution in [2.75, 3.05) is 19.7 Å². The summed E-state index contributed by atoms with van der Waals surface area (Å²) in [7, 11) is 0. The van der Waals surface area contributed by atoms with Crippen molar-refractivity contribution in [1.29, 1.82) is 0 Å². The summed E-state index contributed by atoms with van der Waals surface area (Å²) in [5.41, 5.74) is 2.29. The van der Waals surface area contributed by atoms with Crippen molar-refractivity contribution in [2.24, 2.45) is 5.41 Å². The summed E-state index contributed by atoms with van der Waals surface area (Å²) in [5, 5.41) is 10.9. The second kappa shape index (κ2) is 9.21. The number of hydrogen-bond acceptors (Lipinski definition) is 4. The van der Waals surface area contributed by atoms with Gasteiger partial charge in [-0.05, 0) is 61.7 Å². The molecule has 2 aromatic carbocycles. The van der Waals surface area contributed by atoms with Gasteiger partial charge in [0, 0.05) is 47.0 Å². The highest BCUT2D eigenvalue weighted by atomic mass is 35.5. The maximum Gasteiger partial charge on any atom is 0.159 e. The molecule has 30 heavy (non-hydrogen) atoms. The highest BCUT2D eigenvalue weighted by Crippen LogP contribution is 2.34. The first-order valence-electron chi connectivity index (χ1n) is 10.2. The highest BCUT2D eigenvalue weighted by Gasteiger charge is 2.35. The molecule has 1 atom stereocenters. The van der Waals surface area contributed by atoms with Crippen molar-refractivity contribution < 1.29 is 9.50 Å². The molecule has 1 fully saturated rings. The fourth-order valence-electron chi connectivity index (χ4n) is 4.26. The van der Waals surface area contributed by atoms with E-state index in [2.05, 4.69) is 14.9 Å². The maximum absolute atomic E-state index is 14.2. The van der Waals surface area contributed by atoms with Crippen LogP contribution >= 0.6 is 11.6 Å². The monoisotopic (exact) mass is 425 g/mol. The molecule has 0 unspecified atom stereocenters. The third-order valence-corrected chi connectivity index (χ3v) is 6.07. The van der Waals surface area contributed by atoms with Gasteiger partial charge in [-0.25, -0.2) is 14.4 Å². The maximum atomic E-state index is 14.2. The van der Waals surface area contributed by atoms with Gasteiger partial charge in [0.25, 0.3) is 0 Å². The molecule has 4 nitrogen and oxygen atoms in total. The van der Waals surface area contributed by atoms with Crippen LogP contribution in [0.2, 0.25) is 5.02 Å². The first-order valence-corrected chi connectivity index (χ1v) is 10.6. The van der Waals surface area contributed by atoms with Gasteiger partial charge in [0.15, 0.2) is 5.82 Å². The highest BCUT2D eigenvalue weighted by molar-refractivity contribution is 6.30. The molecule has 3 aromatic rings. The molecule has 0 bridgehead atoms. The van der Waals surface area contributed by atoms with E-state index in [9.17, 15) is 9.50 Å². The van der Waals surface area contributed by atoms with Gasteiger partial charge in [-0.2, -0.15) is 0 Å². The standard InChI is InChI=1S/C24H25ClFN3O/c25-21-8-6-19(7-9-21)23-27-13-18(14-28-23)15-29-11-3-10-24(16-29,17-30)12-20-4-1-2-5-22(20)26/h1-2,4-9,13-14,30H,3,10-12,15-17H2/t24-/m1/s1. The Morgan fingerprint density at radius 1 is 1.07 bits per heavy atom. The van der Waals surface area contributed by atoms with Crippen molar-refractivity contribution in [1.82, 2.24) is 14.9 Å². The molecule has 1 aromatic heterocycles. The fourth-order valence-corrected chi connectivity index (χ4v) is 4.39. The van der Waals surface area contributed by atoms with E-state index >= 15 is 0 Å². The van der Waals surface area contributed by atoms with Crippen molar-refractivity contribution in [3.05, 3.63) is 82.9 Å². The number of hydrogen-bond donors (Lipinski definition) is 1. The minimum absolute atomic E-state index is 0.0455. The number of rotatable bonds is 6. The van der Waals surface area contributed by atoms with E-state index in [0.717, 1.165) is 37.1 Å². The molecule has 0 amide bonds. The van der Waals surface area contributed by atoms with E-state index in [1.807, 2.05) is 48.8 Å². The third-order valence-electron chi connectivity index (χ3n) is 5.81. The molecule has 156 valence electrons. The predicted octanol–water partition coefficient (Wildman–Crippen LogP) is 4.75. The summed E-state index contributed by atoms with van der Waals surface area (Å²) >= 11 is 5.94. The van der Waals surface area contributed by atoms with Crippen molar-refractivity contribution in [3.8, 4) is 11.4 Å². The summed E-state index contributed by atoms with van der Waals surface area (Å²) in [6, 6.07) is 14.3. The van der Waals surface area contributed by atoms with E-state index in [4.69, 9.17) is 11.6 Å².